The Morgan fingerprint density at radius 2 is 1.44 bits per heavy atom. The van der Waals surface area contributed by atoms with Crippen molar-refractivity contribution in [3.63, 3.8) is 0 Å². The van der Waals surface area contributed by atoms with E-state index >= 15 is 0 Å². The van der Waals surface area contributed by atoms with Crippen LogP contribution in [0.3, 0.4) is 0 Å². The zero-order valence-corrected chi connectivity index (χ0v) is 12.0. The fourth-order valence-corrected chi connectivity index (χ4v) is 2.96. The van der Waals surface area contributed by atoms with Crippen LogP contribution in [0.4, 0.5) is 0 Å². The van der Waals surface area contributed by atoms with Crippen molar-refractivity contribution in [3.8, 4) is 0 Å². The summed E-state index contributed by atoms with van der Waals surface area (Å²) in [6, 6.07) is 0. The summed E-state index contributed by atoms with van der Waals surface area (Å²) in [4.78, 5) is 0. The normalized spacial score (nSPS) is 16.4. The van der Waals surface area contributed by atoms with Gasteiger partial charge in [0.2, 0.25) is 0 Å². The molecule has 0 aromatic heterocycles. The maximum absolute atomic E-state index is 11.1. The van der Waals surface area contributed by atoms with Crippen molar-refractivity contribution in [1.29, 1.82) is 0 Å². The second-order valence-corrected chi connectivity index (χ2v) is 7.86. The van der Waals surface area contributed by atoms with Crippen LogP contribution in [0.25, 0.3) is 0 Å². The summed E-state index contributed by atoms with van der Waals surface area (Å²) in [5, 5.41) is -1.86. The zero-order chi connectivity index (χ0) is 14.4. The van der Waals surface area contributed by atoms with Gasteiger partial charge in [-0.3, -0.25) is 9.11 Å². The Bertz CT molecular complexity index is 430. The molecule has 0 aliphatic heterocycles. The van der Waals surface area contributed by atoms with Gasteiger partial charge < -0.3 is 5.73 Å². The van der Waals surface area contributed by atoms with Crippen LogP contribution in [0.5, 0.6) is 0 Å². The van der Waals surface area contributed by atoms with Gasteiger partial charge in [0.05, 0.1) is 10.5 Å². The molecule has 0 aromatic carbocycles. The second-order valence-electron chi connectivity index (χ2n) is 4.32. The quantitative estimate of drug-likeness (QED) is 0.525. The van der Waals surface area contributed by atoms with Crippen molar-refractivity contribution >= 4 is 20.2 Å². The number of rotatable bonds is 9. The van der Waals surface area contributed by atoms with Crippen molar-refractivity contribution in [1.82, 2.24) is 0 Å². The number of nitrogens with two attached hydrogens (primary N) is 1. The predicted molar refractivity (Wildman–Crippen MR) is 68.5 cm³/mol. The van der Waals surface area contributed by atoms with Gasteiger partial charge in [0.1, 0.15) is 0 Å². The lowest BCUT2D eigenvalue weighted by Gasteiger charge is -2.14. The van der Waals surface area contributed by atoms with Crippen LogP contribution in [-0.2, 0) is 20.2 Å². The standard InChI is InChI=1S/C9H21NO6S2/c1-8(17(11,12)13)4-2-5-9(6-3-7-10)18(14,15)16/h8-9H,2-7,10H2,1H3,(H,11,12,13)(H,14,15,16). The van der Waals surface area contributed by atoms with E-state index in [1.165, 1.54) is 6.92 Å². The van der Waals surface area contributed by atoms with E-state index in [1.807, 2.05) is 0 Å². The minimum atomic E-state index is -4.14. The molecule has 0 aliphatic carbocycles. The molecular formula is C9H21NO6S2. The molecule has 0 heterocycles. The molecule has 0 fully saturated rings. The Labute approximate surface area is 108 Å². The van der Waals surface area contributed by atoms with Crippen molar-refractivity contribution < 1.29 is 25.9 Å². The van der Waals surface area contributed by atoms with Gasteiger partial charge in [-0.05, 0) is 39.2 Å². The van der Waals surface area contributed by atoms with Crippen LogP contribution in [0.2, 0.25) is 0 Å². The highest BCUT2D eigenvalue weighted by molar-refractivity contribution is 7.86. The van der Waals surface area contributed by atoms with Gasteiger partial charge in [0, 0.05) is 0 Å². The topological polar surface area (TPSA) is 135 Å². The van der Waals surface area contributed by atoms with Gasteiger partial charge in [0.15, 0.2) is 0 Å². The minimum Gasteiger partial charge on any atom is -0.330 e. The first-order valence-corrected chi connectivity index (χ1v) is 8.72. The third-order valence-corrected chi connectivity index (χ3v) is 5.36. The van der Waals surface area contributed by atoms with Gasteiger partial charge >= 0.3 is 0 Å². The van der Waals surface area contributed by atoms with Crippen LogP contribution in [-0.4, -0.2) is 43.0 Å². The molecule has 0 aromatic rings. The summed E-state index contributed by atoms with van der Waals surface area (Å²) in [5.74, 6) is 0. The highest BCUT2D eigenvalue weighted by Crippen LogP contribution is 2.17. The van der Waals surface area contributed by atoms with Gasteiger partial charge in [-0.25, -0.2) is 0 Å². The molecule has 2 atom stereocenters. The predicted octanol–water partition coefficient (Wildman–Crippen LogP) is 0.428. The summed E-state index contributed by atoms with van der Waals surface area (Å²) >= 11 is 0. The lowest BCUT2D eigenvalue weighted by atomic mass is 10.1. The molecule has 18 heavy (non-hydrogen) atoms. The van der Waals surface area contributed by atoms with E-state index in [0.29, 0.717) is 13.0 Å². The molecule has 4 N–H and O–H groups in total. The molecule has 7 nitrogen and oxygen atoms in total. The SMILES string of the molecule is CC(CCCC(CCCN)S(=O)(=O)O)S(=O)(=O)O. The smallest absolute Gasteiger partial charge is 0.267 e. The minimum absolute atomic E-state index is 0.146. The van der Waals surface area contributed by atoms with E-state index in [0.717, 1.165) is 0 Å². The molecule has 0 rings (SSSR count). The Kier molecular flexibility index (Phi) is 7.30. The van der Waals surface area contributed by atoms with Gasteiger partial charge in [-0.2, -0.15) is 16.8 Å². The molecular weight excluding hydrogens is 282 g/mol. The first kappa shape index (κ1) is 17.8. The van der Waals surface area contributed by atoms with Crippen LogP contribution < -0.4 is 5.73 Å². The number of hydrogen-bond acceptors (Lipinski definition) is 5. The summed E-state index contributed by atoms with van der Waals surface area (Å²) in [7, 11) is -8.22. The highest BCUT2D eigenvalue weighted by atomic mass is 32.2. The van der Waals surface area contributed by atoms with Crippen LogP contribution in [0.1, 0.15) is 39.0 Å². The Balaban J connectivity index is 4.29. The van der Waals surface area contributed by atoms with Crippen LogP contribution in [0.15, 0.2) is 0 Å². The third-order valence-electron chi connectivity index (χ3n) is 2.80. The fraction of sp³-hybridized carbons (Fsp3) is 1.00. The Morgan fingerprint density at radius 3 is 1.83 bits per heavy atom. The lowest BCUT2D eigenvalue weighted by molar-refractivity contribution is 0.444. The van der Waals surface area contributed by atoms with Crippen LogP contribution >= 0.6 is 0 Å². The summed E-state index contributed by atoms with van der Waals surface area (Å²) in [5.41, 5.74) is 5.27. The molecule has 0 spiro atoms. The van der Waals surface area contributed by atoms with Crippen molar-refractivity contribution in [2.75, 3.05) is 6.54 Å². The van der Waals surface area contributed by atoms with E-state index in [1.54, 1.807) is 0 Å². The second kappa shape index (κ2) is 7.39. The van der Waals surface area contributed by atoms with E-state index in [4.69, 9.17) is 14.8 Å². The van der Waals surface area contributed by atoms with Gasteiger partial charge in [0.25, 0.3) is 20.2 Å². The van der Waals surface area contributed by atoms with E-state index < -0.39 is 30.7 Å². The maximum Gasteiger partial charge on any atom is 0.267 e. The monoisotopic (exact) mass is 303 g/mol. The molecule has 0 saturated carbocycles. The summed E-state index contributed by atoms with van der Waals surface area (Å²) in [6.07, 6.45) is 1.30. The molecule has 0 saturated heterocycles. The molecule has 0 amide bonds. The molecule has 9 heteroatoms. The molecule has 0 radical (unpaired) electrons. The summed E-state index contributed by atoms with van der Waals surface area (Å²) < 4.78 is 61.3. The highest BCUT2D eigenvalue weighted by Gasteiger charge is 2.23. The van der Waals surface area contributed by atoms with Gasteiger partial charge in [-0.1, -0.05) is 6.42 Å². The van der Waals surface area contributed by atoms with Crippen molar-refractivity contribution in [3.05, 3.63) is 0 Å². The molecule has 2 unspecified atom stereocenters. The van der Waals surface area contributed by atoms with E-state index in [2.05, 4.69) is 0 Å². The van der Waals surface area contributed by atoms with Crippen LogP contribution in [0, 0.1) is 0 Å². The first-order valence-electron chi connectivity index (χ1n) is 5.71. The van der Waals surface area contributed by atoms with E-state index in [-0.39, 0.29) is 25.7 Å². The first-order chi connectivity index (χ1) is 8.09. The molecule has 110 valence electrons. The van der Waals surface area contributed by atoms with Crippen molar-refractivity contribution in [2.45, 2.75) is 49.5 Å². The van der Waals surface area contributed by atoms with Crippen molar-refractivity contribution in [2.24, 2.45) is 5.73 Å². The van der Waals surface area contributed by atoms with E-state index in [9.17, 15) is 16.8 Å². The lowest BCUT2D eigenvalue weighted by Crippen LogP contribution is -2.23. The Hall–Kier alpha value is -0.220. The molecule has 0 bridgehead atoms. The summed E-state index contributed by atoms with van der Waals surface area (Å²) in [6.45, 7) is 1.67. The third kappa shape index (κ3) is 7.27. The zero-order valence-electron chi connectivity index (χ0n) is 10.3. The maximum atomic E-state index is 11.1. The average Bonchev–Trinajstić information content (AvgIpc) is 2.19. The fourth-order valence-electron chi connectivity index (χ4n) is 1.57. The molecule has 0 aliphatic rings. The Morgan fingerprint density at radius 1 is 0.944 bits per heavy atom. The average molecular weight is 303 g/mol. The number of hydrogen-bond donors (Lipinski definition) is 3. The largest absolute Gasteiger partial charge is 0.330 e. The van der Waals surface area contributed by atoms with Gasteiger partial charge in [-0.15, -0.1) is 0 Å².